The summed E-state index contributed by atoms with van der Waals surface area (Å²) in [5.74, 6) is 0.427. The average molecular weight is 355 g/mol. The Bertz CT molecular complexity index is 764. The van der Waals surface area contributed by atoms with Crippen molar-refractivity contribution in [3.8, 4) is 0 Å². The van der Waals surface area contributed by atoms with Gasteiger partial charge in [0, 0.05) is 30.8 Å². The first-order valence-corrected chi connectivity index (χ1v) is 9.31. The third-order valence-corrected chi connectivity index (χ3v) is 4.86. The standard InChI is InChI=1S/C21H29N3O2/c1-15-7-6-8-16(2)19(15)24-14-18(13-22-24)17-9-11-23(12-10-17)20(25)26-21(3,4)5/h6-9,13-15,19H,10-12H2,1-5H3. The molecule has 0 bridgehead atoms. The van der Waals surface area contributed by atoms with Crippen LogP contribution in [0.3, 0.4) is 0 Å². The molecule has 140 valence electrons. The quantitative estimate of drug-likeness (QED) is 0.779. The Balaban J connectivity index is 1.68. The SMILES string of the molecule is CC1=CC=CC(C)C1n1cc(C2=CCN(C(=O)OC(C)(C)C)CC2)cn1. The Morgan fingerprint density at radius 2 is 2.12 bits per heavy atom. The van der Waals surface area contributed by atoms with Gasteiger partial charge in [0.2, 0.25) is 0 Å². The highest BCUT2D eigenvalue weighted by Gasteiger charge is 2.25. The number of hydrogen-bond acceptors (Lipinski definition) is 3. The van der Waals surface area contributed by atoms with Gasteiger partial charge in [0.15, 0.2) is 0 Å². The van der Waals surface area contributed by atoms with Gasteiger partial charge in [0.25, 0.3) is 0 Å². The molecule has 2 atom stereocenters. The number of carbonyl (C=O) groups excluding carboxylic acids is 1. The van der Waals surface area contributed by atoms with E-state index in [4.69, 9.17) is 4.74 Å². The summed E-state index contributed by atoms with van der Waals surface area (Å²) in [5.41, 5.74) is 3.25. The molecule has 0 fully saturated rings. The minimum Gasteiger partial charge on any atom is -0.444 e. The van der Waals surface area contributed by atoms with E-state index in [0.29, 0.717) is 19.0 Å². The lowest BCUT2D eigenvalue weighted by Gasteiger charge is -2.29. The summed E-state index contributed by atoms with van der Waals surface area (Å²) >= 11 is 0. The molecular formula is C21H29N3O2. The molecule has 2 aliphatic rings. The molecule has 1 aliphatic carbocycles. The highest BCUT2D eigenvalue weighted by atomic mass is 16.6. The first kappa shape index (κ1) is 18.5. The Morgan fingerprint density at radius 1 is 1.35 bits per heavy atom. The fourth-order valence-electron chi connectivity index (χ4n) is 3.53. The van der Waals surface area contributed by atoms with Gasteiger partial charge >= 0.3 is 6.09 Å². The number of ether oxygens (including phenoxy) is 1. The molecule has 1 aromatic rings. The number of rotatable bonds is 2. The predicted molar refractivity (Wildman–Crippen MR) is 104 cm³/mol. The fraction of sp³-hybridized carbons (Fsp3) is 0.524. The first-order valence-electron chi connectivity index (χ1n) is 9.31. The summed E-state index contributed by atoms with van der Waals surface area (Å²) in [6.45, 7) is 11.3. The van der Waals surface area contributed by atoms with Crippen molar-refractivity contribution in [1.82, 2.24) is 14.7 Å². The molecule has 0 saturated heterocycles. The Hall–Kier alpha value is -2.30. The van der Waals surface area contributed by atoms with Crippen molar-refractivity contribution in [2.75, 3.05) is 13.1 Å². The maximum atomic E-state index is 12.2. The molecule has 0 aromatic carbocycles. The van der Waals surface area contributed by atoms with Crippen LogP contribution in [-0.4, -0.2) is 39.5 Å². The second-order valence-electron chi connectivity index (χ2n) is 8.21. The maximum Gasteiger partial charge on any atom is 0.410 e. The number of allylic oxidation sites excluding steroid dienone is 4. The van der Waals surface area contributed by atoms with Crippen LogP contribution in [-0.2, 0) is 4.74 Å². The summed E-state index contributed by atoms with van der Waals surface area (Å²) in [6, 6.07) is 0.274. The van der Waals surface area contributed by atoms with Gasteiger partial charge in [-0.2, -0.15) is 5.10 Å². The van der Waals surface area contributed by atoms with Crippen molar-refractivity contribution in [1.29, 1.82) is 0 Å². The molecule has 3 rings (SSSR count). The second-order valence-corrected chi connectivity index (χ2v) is 8.21. The van der Waals surface area contributed by atoms with Crippen molar-refractivity contribution < 1.29 is 9.53 Å². The van der Waals surface area contributed by atoms with Crippen molar-refractivity contribution >= 4 is 11.7 Å². The topological polar surface area (TPSA) is 47.4 Å². The fourth-order valence-corrected chi connectivity index (χ4v) is 3.53. The number of hydrogen-bond donors (Lipinski definition) is 0. The second kappa shape index (κ2) is 7.14. The van der Waals surface area contributed by atoms with Crippen LogP contribution in [0.15, 0.2) is 42.3 Å². The highest BCUT2D eigenvalue weighted by molar-refractivity contribution is 5.72. The Labute approximate surface area is 156 Å². The zero-order valence-corrected chi connectivity index (χ0v) is 16.4. The third kappa shape index (κ3) is 4.09. The van der Waals surface area contributed by atoms with Crippen LogP contribution in [0.5, 0.6) is 0 Å². The number of amides is 1. The summed E-state index contributed by atoms with van der Waals surface area (Å²) in [4.78, 5) is 13.9. The largest absolute Gasteiger partial charge is 0.444 e. The van der Waals surface area contributed by atoms with Gasteiger partial charge in [-0.15, -0.1) is 0 Å². The molecule has 0 radical (unpaired) electrons. The van der Waals surface area contributed by atoms with Crippen molar-refractivity contribution in [2.45, 2.75) is 52.7 Å². The van der Waals surface area contributed by atoms with Gasteiger partial charge in [0.1, 0.15) is 5.60 Å². The molecule has 1 amide bonds. The first-order chi connectivity index (χ1) is 12.2. The maximum absolute atomic E-state index is 12.2. The van der Waals surface area contributed by atoms with Crippen LogP contribution in [0.4, 0.5) is 4.79 Å². The van der Waals surface area contributed by atoms with E-state index in [1.54, 1.807) is 4.90 Å². The molecule has 0 N–H and O–H groups in total. The lowest BCUT2D eigenvalue weighted by Crippen LogP contribution is -2.39. The molecule has 5 heteroatoms. The molecule has 1 aliphatic heterocycles. The molecular weight excluding hydrogens is 326 g/mol. The number of aromatic nitrogens is 2. The van der Waals surface area contributed by atoms with E-state index < -0.39 is 5.60 Å². The van der Waals surface area contributed by atoms with Gasteiger partial charge in [-0.05, 0) is 45.3 Å². The normalized spacial score (nSPS) is 23.5. The summed E-state index contributed by atoms with van der Waals surface area (Å²) in [7, 11) is 0. The smallest absolute Gasteiger partial charge is 0.410 e. The van der Waals surface area contributed by atoms with Gasteiger partial charge in [-0.3, -0.25) is 4.68 Å². The van der Waals surface area contributed by atoms with E-state index in [2.05, 4.69) is 54.1 Å². The van der Waals surface area contributed by atoms with E-state index in [1.807, 2.05) is 27.0 Å². The van der Waals surface area contributed by atoms with Crippen LogP contribution in [0.1, 0.15) is 52.6 Å². The highest BCUT2D eigenvalue weighted by Crippen LogP contribution is 2.31. The molecule has 0 saturated carbocycles. The molecule has 0 spiro atoms. The van der Waals surface area contributed by atoms with Crippen LogP contribution in [0, 0.1) is 5.92 Å². The molecule has 2 heterocycles. The lowest BCUT2D eigenvalue weighted by atomic mass is 9.91. The van der Waals surface area contributed by atoms with Crippen LogP contribution >= 0.6 is 0 Å². The summed E-state index contributed by atoms with van der Waals surface area (Å²) in [5, 5.41) is 4.61. The lowest BCUT2D eigenvalue weighted by molar-refractivity contribution is 0.0270. The number of nitrogens with zero attached hydrogens (tertiary/aromatic N) is 3. The van der Waals surface area contributed by atoms with Gasteiger partial charge in [-0.25, -0.2) is 4.79 Å². The summed E-state index contributed by atoms with van der Waals surface area (Å²) in [6.07, 6.45) is 13.3. The average Bonchev–Trinajstić information content (AvgIpc) is 3.03. The van der Waals surface area contributed by atoms with Gasteiger partial charge in [0.05, 0.1) is 12.2 Å². The molecule has 2 unspecified atom stereocenters. The van der Waals surface area contributed by atoms with Crippen LogP contribution < -0.4 is 0 Å². The van der Waals surface area contributed by atoms with E-state index in [0.717, 1.165) is 12.0 Å². The van der Waals surface area contributed by atoms with E-state index in [1.165, 1.54) is 11.1 Å². The van der Waals surface area contributed by atoms with Crippen LogP contribution in [0.25, 0.3) is 5.57 Å². The minimum absolute atomic E-state index is 0.243. The third-order valence-electron chi connectivity index (χ3n) is 4.86. The monoisotopic (exact) mass is 355 g/mol. The van der Waals surface area contributed by atoms with Crippen LogP contribution in [0.2, 0.25) is 0 Å². The zero-order chi connectivity index (χ0) is 18.9. The summed E-state index contributed by atoms with van der Waals surface area (Å²) < 4.78 is 7.52. The van der Waals surface area contributed by atoms with Gasteiger partial charge < -0.3 is 9.64 Å². The van der Waals surface area contributed by atoms with E-state index >= 15 is 0 Å². The van der Waals surface area contributed by atoms with Crippen molar-refractivity contribution in [2.24, 2.45) is 5.92 Å². The zero-order valence-electron chi connectivity index (χ0n) is 16.4. The molecule has 1 aromatic heterocycles. The predicted octanol–water partition coefficient (Wildman–Crippen LogP) is 4.60. The van der Waals surface area contributed by atoms with E-state index in [-0.39, 0.29) is 12.1 Å². The molecule has 26 heavy (non-hydrogen) atoms. The minimum atomic E-state index is -0.460. The Kier molecular flexibility index (Phi) is 5.08. The van der Waals surface area contributed by atoms with Gasteiger partial charge in [-0.1, -0.05) is 31.2 Å². The Morgan fingerprint density at radius 3 is 2.73 bits per heavy atom. The molecule has 5 nitrogen and oxygen atoms in total. The van der Waals surface area contributed by atoms with Crippen molar-refractivity contribution in [3.63, 3.8) is 0 Å². The number of carbonyl (C=O) groups is 1. The van der Waals surface area contributed by atoms with E-state index in [9.17, 15) is 4.79 Å². The van der Waals surface area contributed by atoms with Crippen molar-refractivity contribution in [3.05, 3.63) is 47.8 Å².